The average Bonchev–Trinajstić information content (AvgIpc) is 2.94. The van der Waals surface area contributed by atoms with Gasteiger partial charge in [0.1, 0.15) is 4.90 Å². The molecular formula is C17H24N4O2S. The van der Waals surface area contributed by atoms with E-state index < -0.39 is 10.0 Å². The van der Waals surface area contributed by atoms with Gasteiger partial charge in [0.2, 0.25) is 10.0 Å². The van der Waals surface area contributed by atoms with Gasteiger partial charge >= 0.3 is 0 Å². The largest absolute Gasteiger partial charge is 0.300 e. The maximum atomic E-state index is 12.8. The van der Waals surface area contributed by atoms with E-state index in [1.165, 1.54) is 11.8 Å². The molecule has 1 aromatic carbocycles. The maximum Gasteiger partial charge on any atom is 0.246 e. The zero-order chi connectivity index (χ0) is 17.2. The molecular weight excluding hydrogens is 324 g/mol. The minimum Gasteiger partial charge on any atom is -0.300 e. The number of piperazine rings is 1. The van der Waals surface area contributed by atoms with Crippen LogP contribution in [0.3, 0.4) is 0 Å². The van der Waals surface area contributed by atoms with Gasteiger partial charge in [0.25, 0.3) is 0 Å². The van der Waals surface area contributed by atoms with Crippen LogP contribution < -0.4 is 0 Å². The lowest BCUT2D eigenvalue weighted by Crippen LogP contribution is -2.49. The molecule has 1 saturated heterocycles. The molecule has 2 aromatic rings. The lowest BCUT2D eigenvalue weighted by atomic mass is 10.1. The van der Waals surface area contributed by atoms with Crippen LogP contribution in [0.1, 0.15) is 11.3 Å². The van der Waals surface area contributed by atoms with Crippen LogP contribution in [0.15, 0.2) is 41.4 Å². The maximum absolute atomic E-state index is 12.8. The number of benzene rings is 1. The lowest BCUT2D eigenvalue weighted by Gasteiger charge is -2.33. The molecule has 130 valence electrons. The molecule has 1 aliphatic heterocycles. The van der Waals surface area contributed by atoms with Gasteiger partial charge in [-0.05, 0) is 18.9 Å². The third-order valence-electron chi connectivity index (χ3n) is 4.70. The topological polar surface area (TPSA) is 58.4 Å². The van der Waals surface area contributed by atoms with Crippen LogP contribution in [0.25, 0.3) is 0 Å². The molecule has 1 fully saturated rings. The van der Waals surface area contributed by atoms with Gasteiger partial charge in [-0.25, -0.2) is 8.42 Å². The van der Waals surface area contributed by atoms with E-state index in [1.807, 2.05) is 6.07 Å². The molecule has 0 atom stereocenters. The van der Waals surface area contributed by atoms with Crippen LogP contribution in [0.2, 0.25) is 0 Å². The summed E-state index contributed by atoms with van der Waals surface area (Å²) in [6.45, 7) is 5.35. The fraction of sp³-hybridized carbons (Fsp3) is 0.471. The summed E-state index contributed by atoms with van der Waals surface area (Å²) < 4.78 is 28.7. The van der Waals surface area contributed by atoms with Crippen molar-refractivity contribution in [3.05, 3.63) is 47.8 Å². The molecule has 0 bridgehead atoms. The van der Waals surface area contributed by atoms with Crippen LogP contribution in [0.5, 0.6) is 0 Å². The molecule has 0 unspecified atom stereocenters. The van der Waals surface area contributed by atoms with Crippen LogP contribution in [-0.4, -0.2) is 60.1 Å². The Balaban J connectivity index is 1.57. The summed E-state index contributed by atoms with van der Waals surface area (Å²) in [4.78, 5) is 2.65. The number of aryl methyl sites for hydroxylation is 1. The third-order valence-corrected chi connectivity index (χ3v) is 6.70. The molecule has 3 rings (SSSR count). The fourth-order valence-corrected chi connectivity index (χ4v) is 4.60. The van der Waals surface area contributed by atoms with Gasteiger partial charge < -0.3 is 4.90 Å². The lowest BCUT2D eigenvalue weighted by molar-refractivity contribution is 0.190. The average molecular weight is 348 g/mol. The zero-order valence-electron chi connectivity index (χ0n) is 14.2. The second kappa shape index (κ2) is 7.04. The van der Waals surface area contributed by atoms with Crippen molar-refractivity contribution >= 4 is 10.0 Å². The van der Waals surface area contributed by atoms with Gasteiger partial charge in [0.05, 0.1) is 11.9 Å². The zero-order valence-corrected chi connectivity index (χ0v) is 15.0. The Labute approximate surface area is 143 Å². The minimum absolute atomic E-state index is 0.322. The highest BCUT2D eigenvalue weighted by atomic mass is 32.2. The molecule has 7 heteroatoms. The summed E-state index contributed by atoms with van der Waals surface area (Å²) in [5, 5.41) is 4.06. The SMILES string of the molecule is Cc1c(S(=O)(=O)N2CCN(CCc3ccccc3)CC2)cnn1C. The minimum atomic E-state index is -3.44. The molecule has 2 heterocycles. The Bertz CT molecular complexity index is 778. The smallest absolute Gasteiger partial charge is 0.246 e. The molecule has 6 nitrogen and oxygen atoms in total. The van der Waals surface area contributed by atoms with Crippen LogP contribution in [-0.2, 0) is 23.5 Å². The Morgan fingerprint density at radius 3 is 2.33 bits per heavy atom. The van der Waals surface area contributed by atoms with Crippen molar-refractivity contribution in [2.24, 2.45) is 7.05 Å². The molecule has 0 saturated carbocycles. The Hall–Kier alpha value is -1.70. The van der Waals surface area contributed by atoms with Crippen LogP contribution in [0, 0.1) is 6.92 Å². The van der Waals surface area contributed by atoms with Crippen molar-refractivity contribution in [2.45, 2.75) is 18.2 Å². The highest BCUT2D eigenvalue weighted by Crippen LogP contribution is 2.20. The number of aromatic nitrogens is 2. The van der Waals surface area contributed by atoms with Crippen molar-refractivity contribution in [1.29, 1.82) is 0 Å². The standard InChI is InChI=1S/C17H24N4O2S/c1-15-17(14-18-19(15)2)24(22,23)21-12-10-20(11-13-21)9-8-16-6-4-3-5-7-16/h3-7,14H,8-13H2,1-2H3. The van der Waals surface area contributed by atoms with Gasteiger partial charge in [-0.3, -0.25) is 4.68 Å². The highest BCUT2D eigenvalue weighted by molar-refractivity contribution is 7.89. The van der Waals surface area contributed by atoms with E-state index in [4.69, 9.17) is 0 Å². The molecule has 0 aliphatic carbocycles. The predicted octanol–water partition coefficient (Wildman–Crippen LogP) is 1.28. The second-order valence-electron chi connectivity index (χ2n) is 6.20. The normalized spacial score (nSPS) is 17.2. The summed E-state index contributed by atoms with van der Waals surface area (Å²) >= 11 is 0. The summed E-state index contributed by atoms with van der Waals surface area (Å²) in [6, 6.07) is 10.4. The molecule has 24 heavy (non-hydrogen) atoms. The number of hydrogen-bond donors (Lipinski definition) is 0. The Morgan fingerprint density at radius 2 is 1.75 bits per heavy atom. The molecule has 0 radical (unpaired) electrons. The van der Waals surface area contributed by atoms with Crippen molar-refractivity contribution in [3.8, 4) is 0 Å². The third kappa shape index (κ3) is 3.53. The van der Waals surface area contributed by atoms with E-state index in [0.717, 1.165) is 26.1 Å². The summed E-state index contributed by atoms with van der Waals surface area (Å²) in [5.74, 6) is 0. The molecule has 1 aromatic heterocycles. The van der Waals surface area contributed by atoms with E-state index >= 15 is 0 Å². The quantitative estimate of drug-likeness (QED) is 0.817. The van der Waals surface area contributed by atoms with Gasteiger partial charge in [-0.15, -0.1) is 0 Å². The monoisotopic (exact) mass is 348 g/mol. The highest BCUT2D eigenvalue weighted by Gasteiger charge is 2.30. The van der Waals surface area contributed by atoms with Gasteiger partial charge in [-0.2, -0.15) is 9.40 Å². The van der Waals surface area contributed by atoms with E-state index in [-0.39, 0.29) is 0 Å². The number of hydrogen-bond acceptors (Lipinski definition) is 4. The van der Waals surface area contributed by atoms with Gasteiger partial charge in [0.15, 0.2) is 0 Å². The van der Waals surface area contributed by atoms with Crippen molar-refractivity contribution in [2.75, 3.05) is 32.7 Å². The summed E-state index contributed by atoms with van der Waals surface area (Å²) in [7, 11) is -1.68. The van der Waals surface area contributed by atoms with Gasteiger partial charge in [0, 0.05) is 39.8 Å². The fourth-order valence-electron chi connectivity index (χ4n) is 3.00. The second-order valence-corrected chi connectivity index (χ2v) is 8.11. The molecule has 0 amide bonds. The Morgan fingerprint density at radius 1 is 1.08 bits per heavy atom. The van der Waals surface area contributed by atoms with E-state index in [0.29, 0.717) is 23.7 Å². The molecule has 0 N–H and O–H groups in total. The van der Waals surface area contributed by atoms with Crippen molar-refractivity contribution < 1.29 is 8.42 Å². The predicted molar refractivity (Wildman–Crippen MR) is 93.3 cm³/mol. The summed E-state index contributed by atoms with van der Waals surface area (Å²) in [5.41, 5.74) is 2.00. The van der Waals surface area contributed by atoms with Crippen molar-refractivity contribution in [1.82, 2.24) is 19.0 Å². The first kappa shape index (κ1) is 17.1. The van der Waals surface area contributed by atoms with Crippen molar-refractivity contribution in [3.63, 3.8) is 0 Å². The van der Waals surface area contributed by atoms with E-state index in [1.54, 1.807) is 23.0 Å². The molecule has 1 aliphatic rings. The first-order valence-electron chi connectivity index (χ1n) is 8.23. The van der Waals surface area contributed by atoms with Crippen LogP contribution in [0.4, 0.5) is 0 Å². The van der Waals surface area contributed by atoms with E-state index in [9.17, 15) is 8.42 Å². The number of sulfonamides is 1. The van der Waals surface area contributed by atoms with Crippen LogP contribution >= 0.6 is 0 Å². The van der Waals surface area contributed by atoms with Gasteiger partial charge in [-0.1, -0.05) is 30.3 Å². The van der Waals surface area contributed by atoms with E-state index in [2.05, 4.69) is 34.3 Å². The molecule has 0 spiro atoms. The summed E-state index contributed by atoms with van der Waals surface area (Å²) in [6.07, 6.45) is 2.45. The number of nitrogens with zero attached hydrogens (tertiary/aromatic N) is 4. The first-order chi connectivity index (χ1) is 11.5. The number of rotatable bonds is 5. The first-order valence-corrected chi connectivity index (χ1v) is 9.67. The Kier molecular flexibility index (Phi) is 5.03.